The van der Waals surface area contributed by atoms with Crippen LogP contribution in [0.1, 0.15) is 11.4 Å². The van der Waals surface area contributed by atoms with E-state index < -0.39 is 0 Å². The van der Waals surface area contributed by atoms with Gasteiger partial charge < -0.3 is 5.73 Å². The summed E-state index contributed by atoms with van der Waals surface area (Å²) in [5.41, 5.74) is 11.6. The molecule has 3 N–H and O–H groups in total. The number of nitrogens with two attached hydrogens (primary N) is 1. The van der Waals surface area contributed by atoms with Crippen LogP contribution in [-0.2, 0) is 7.05 Å². The van der Waals surface area contributed by atoms with Gasteiger partial charge in [-0.25, -0.2) is 9.89 Å². The van der Waals surface area contributed by atoms with Gasteiger partial charge in [-0.2, -0.15) is 4.68 Å². The molecule has 7 heteroatoms. The Kier molecular flexibility index (Phi) is 3.57. The number of aromatic amines is 1. The summed E-state index contributed by atoms with van der Waals surface area (Å²) in [5, 5.41) is 3.11. The van der Waals surface area contributed by atoms with Gasteiger partial charge in [-0.3, -0.25) is 4.98 Å². The first-order valence-corrected chi connectivity index (χ1v) is 8.27. The molecule has 1 aromatic carbocycles. The smallest absolute Gasteiger partial charge is 0.319 e. The highest BCUT2D eigenvalue weighted by Crippen LogP contribution is 2.33. The van der Waals surface area contributed by atoms with Crippen molar-refractivity contribution >= 4 is 11.6 Å². The molecule has 26 heavy (non-hydrogen) atoms. The lowest BCUT2D eigenvalue weighted by Gasteiger charge is -2.10. The van der Waals surface area contributed by atoms with Gasteiger partial charge in [0.15, 0.2) is 0 Å². The average molecular weight is 347 g/mol. The van der Waals surface area contributed by atoms with E-state index in [1.165, 1.54) is 9.08 Å². The van der Waals surface area contributed by atoms with Crippen molar-refractivity contribution in [3.8, 4) is 22.4 Å². The number of rotatable bonds is 2. The van der Waals surface area contributed by atoms with Crippen LogP contribution in [0.25, 0.3) is 28.0 Å². The molecule has 0 saturated heterocycles. The molecular weight excluding hydrogens is 328 g/mol. The highest BCUT2D eigenvalue weighted by Gasteiger charge is 2.25. The van der Waals surface area contributed by atoms with Gasteiger partial charge in [0.05, 0.1) is 12.6 Å². The number of nitrogens with zero attached hydrogens (tertiary/aromatic N) is 4. The summed E-state index contributed by atoms with van der Waals surface area (Å²) in [6, 6.07) is 13.8. The van der Waals surface area contributed by atoms with Gasteiger partial charge in [-0.15, -0.1) is 9.38 Å². The molecule has 0 bridgehead atoms. The lowest BCUT2D eigenvalue weighted by molar-refractivity contribution is -0.516. The average Bonchev–Trinajstić information content (AvgIpc) is 2.90. The molecule has 4 aromatic rings. The third kappa shape index (κ3) is 2.45. The number of aryl methyl sites for hydroxylation is 3. The van der Waals surface area contributed by atoms with Crippen molar-refractivity contribution < 1.29 is 4.40 Å². The van der Waals surface area contributed by atoms with Crippen LogP contribution in [0.2, 0.25) is 0 Å². The fraction of sp³-hybridized carbons (Fsp3) is 0.158. The van der Waals surface area contributed by atoms with Gasteiger partial charge in [0.1, 0.15) is 5.69 Å². The Morgan fingerprint density at radius 1 is 1.04 bits per heavy atom. The number of nitrogens with one attached hydrogen (secondary N) is 1. The quantitative estimate of drug-likeness (QED) is 0.541. The number of hydrogen-bond donors (Lipinski definition) is 2. The van der Waals surface area contributed by atoms with E-state index in [2.05, 4.69) is 15.1 Å². The number of fused-ring (bicyclic) bond motifs is 1. The number of benzene rings is 1. The van der Waals surface area contributed by atoms with Crippen molar-refractivity contribution in [2.45, 2.75) is 13.8 Å². The minimum absolute atomic E-state index is 0.145. The Bertz CT molecular complexity index is 1170. The Balaban J connectivity index is 2.19. The van der Waals surface area contributed by atoms with Gasteiger partial charge in [0.25, 0.3) is 0 Å². The van der Waals surface area contributed by atoms with E-state index in [-0.39, 0.29) is 11.6 Å². The fourth-order valence-corrected chi connectivity index (χ4v) is 3.27. The number of aromatic nitrogens is 5. The van der Waals surface area contributed by atoms with Crippen LogP contribution in [-0.4, -0.2) is 19.7 Å². The largest absolute Gasteiger partial charge is 0.427 e. The van der Waals surface area contributed by atoms with E-state index in [0.29, 0.717) is 5.65 Å². The van der Waals surface area contributed by atoms with Crippen molar-refractivity contribution in [2.75, 3.05) is 5.73 Å². The normalized spacial score (nSPS) is 11.2. The monoisotopic (exact) mass is 347 g/mol. The highest BCUT2D eigenvalue weighted by atomic mass is 16.2. The maximum Gasteiger partial charge on any atom is 0.427 e. The summed E-state index contributed by atoms with van der Waals surface area (Å²) in [4.78, 5) is 21.5. The minimum Gasteiger partial charge on any atom is -0.319 e. The molecule has 7 nitrogen and oxygen atoms in total. The minimum atomic E-state index is -0.270. The van der Waals surface area contributed by atoms with Crippen LogP contribution in [0.4, 0.5) is 5.95 Å². The number of nitrogen functional groups attached to an aromatic ring is 1. The van der Waals surface area contributed by atoms with Crippen LogP contribution < -0.4 is 15.8 Å². The van der Waals surface area contributed by atoms with Crippen molar-refractivity contribution in [1.82, 2.24) is 19.7 Å². The Morgan fingerprint density at radius 3 is 2.35 bits per heavy atom. The van der Waals surface area contributed by atoms with Gasteiger partial charge in [0, 0.05) is 17.0 Å². The Morgan fingerprint density at radius 2 is 1.69 bits per heavy atom. The molecule has 0 unspecified atom stereocenters. The fourth-order valence-electron chi connectivity index (χ4n) is 3.27. The molecule has 0 saturated carbocycles. The van der Waals surface area contributed by atoms with Crippen molar-refractivity contribution in [2.24, 2.45) is 7.05 Å². The zero-order valence-electron chi connectivity index (χ0n) is 14.8. The van der Waals surface area contributed by atoms with Crippen LogP contribution >= 0.6 is 0 Å². The SMILES string of the molecule is Cc1cc(-c2c(-c3ccccc3)nc(N)[n+]3c(=O)n(C)[nH]c23)cc(C)n1. The summed E-state index contributed by atoms with van der Waals surface area (Å²) < 4.78 is 2.79. The third-order valence-electron chi connectivity index (χ3n) is 4.32. The molecule has 0 aliphatic carbocycles. The van der Waals surface area contributed by atoms with E-state index in [1.54, 1.807) is 7.05 Å². The number of H-pyrrole nitrogens is 1. The number of pyridine rings is 1. The molecule has 3 heterocycles. The molecule has 0 aliphatic heterocycles. The molecule has 0 fully saturated rings. The van der Waals surface area contributed by atoms with E-state index in [1.807, 2.05) is 56.3 Å². The van der Waals surface area contributed by atoms with Gasteiger partial charge >= 0.3 is 11.6 Å². The Labute approximate surface area is 149 Å². The first-order valence-electron chi connectivity index (χ1n) is 8.27. The predicted molar refractivity (Wildman–Crippen MR) is 99.5 cm³/mol. The van der Waals surface area contributed by atoms with E-state index in [9.17, 15) is 4.79 Å². The maximum absolute atomic E-state index is 12.5. The third-order valence-corrected chi connectivity index (χ3v) is 4.32. The second kappa shape index (κ2) is 5.80. The first-order chi connectivity index (χ1) is 12.5. The lowest BCUT2D eigenvalue weighted by atomic mass is 9.99. The van der Waals surface area contributed by atoms with Crippen molar-refractivity contribution in [3.05, 3.63) is 64.3 Å². The van der Waals surface area contributed by atoms with Crippen LogP contribution in [0.5, 0.6) is 0 Å². The maximum atomic E-state index is 12.5. The van der Waals surface area contributed by atoms with Gasteiger partial charge in [0.2, 0.25) is 5.65 Å². The summed E-state index contributed by atoms with van der Waals surface area (Å²) in [6.07, 6.45) is 0. The predicted octanol–water partition coefficient (Wildman–Crippen LogP) is 1.78. The number of hydrogen-bond acceptors (Lipinski definition) is 4. The molecule has 0 amide bonds. The number of anilines is 1. The molecule has 0 radical (unpaired) electrons. The standard InChI is InChI=1S/C19H18N6O/c1-11-9-14(10-12(2)21-11)15-16(13-7-5-4-6-8-13)22-18(20)25-17(15)23-24(3)19(25)26/h4-10H,1-3H3,(H2,20,21,22,23)/p+1. The van der Waals surface area contributed by atoms with Crippen LogP contribution in [0.15, 0.2) is 47.3 Å². The molecule has 3 aromatic heterocycles. The summed E-state index contributed by atoms with van der Waals surface area (Å²) in [6.45, 7) is 3.89. The topological polar surface area (TPSA) is 93.7 Å². The van der Waals surface area contributed by atoms with E-state index in [0.717, 1.165) is 33.8 Å². The summed E-state index contributed by atoms with van der Waals surface area (Å²) in [5.74, 6) is 0.145. The Hall–Kier alpha value is -3.48. The molecule has 130 valence electrons. The van der Waals surface area contributed by atoms with Crippen LogP contribution in [0, 0.1) is 13.8 Å². The molecule has 0 aliphatic rings. The molecule has 0 spiro atoms. The van der Waals surface area contributed by atoms with E-state index >= 15 is 0 Å². The highest BCUT2D eigenvalue weighted by molar-refractivity contribution is 5.88. The van der Waals surface area contributed by atoms with Crippen LogP contribution in [0.3, 0.4) is 0 Å². The van der Waals surface area contributed by atoms with Gasteiger partial charge in [-0.05, 0) is 31.5 Å². The second-order valence-corrected chi connectivity index (χ2v) is 6.34. The van der Waals surface area contributed by atoms with Crippen molar-refractivity contribution in [1.29, 1.82) is 0 Å². The summed E-state index contributed by atoms with van der Waals surface area (Å²) in [7, 11) is 1.66. The summed E-state index contributed by atoms with van der Waals surface area (Å²) >= 11 is 0. The van der Waals surface area contributed by atoms with E-state index in [4.69, 9.17) is 5.73 Å². The van der Waals surface area contributed by atoms with Crippen molar-refractivity contribution in [3.63, 3.8) is 0 Å². The lowest BCUT2D eigenvalue weighted by Crippen LogP contribution is -2.43. The first kappa shape index (κ1) is 16.0. The zero-order chi connectivity index (χ0) is 18.4. The zero-order valence-corrected chi connectivity index (χ0v) is 14.8. The molecular formula is C19H19N6O+. The second-order valence-electron chi connectivity index (χ2n) is 6.34. The molecule has 0 atom stereocenters. The van der Waals surface area contributed by atoms with Gasteiger partial charge in [-0.1, -0.05) is 30.3 Å². The molecule has 4 rings (SSSR count).